The molecule has 0 unspecified atom stereocenters. The Morgan fingerprint density at radius 3 is 2.05 bits per heavy atom. The van der Waals surface area contributed by atoms with Gasteiger partial charge < -0.3 is 35.3 Å². The first kappa shape index (κ1) is 20.7. The largest absolute Gasteiger partial charge is 2.00 e. The molecule has 0 aromatic rings. The van der Waals surface area contributed by atoms with E-state index in [0.29, 0.717) is 23.2 Å². The number of rotatable bonds is 5. The molecule has 0 saturated carbocycles. The average molecular weight is 353 g/mol. The first-order valence-electron chi connectivity index (χ1n) is 5.40. The minimum absolute atomic E-state index is 0. The van der Waals surface area contributed by atoms with Gasteiger partial charge in [0.15, 0.2) is 0 Å². The summed E-state index contributed by atoms with van der Waals surface area (Å²) in [4.78, 5) is 0. The Kier molecular flexibility index (Phi) is 13.5. The third-order valence-electron chi connectivity index (χ3n) is 1.74. The molecule has 0 saturated heterocycles. The van der Waals surface area contributed by atoms with E-state index in [1.165, 1.54) is 0 Å². The van der Waals surface area contributed by atoms with E-state index in [-0.39, 0.29) is 24.7 Å². The predicted molar refractivity (Wildman–Crippen MR) is 81.1 cm³/mol. The van der Waals surface area contributed by atoms with Gasteiger partial charge in [0.2, 0.25) is 0 Å². The second-order valence-corrected chi connectivity index (χ2v) is 3.98. The van der Waals surface area contributed by atoms with Crippen LogP contribution in [0.4, 0.5) is 0 Å². The molecule has 0 amide bonds. The number of nitrogens with zero attached hydrogens (tertiary/aromatic N) is 4. The summed E-state index contributed by atoms with van der Waals surface area (Å²) >= 11 is 9.68. The fourth-order valence-corrected chi connectivity index (χ4v) is 0.814. The van der Waals surface area contributed by atoms with Crippen LogP contribution in [-0.2, 0) is 49.5 Å². The Morgan fingerprint density at radius 1 is 1.05 bits per heavy atom. The maximum absolute atomic E-state index is 5.10. The normalized spacial score (nSPS) is 13.9. The third kappa shape index (κ3) is 10.9. The van der Waals surface area contributed by atoms with E-state index in [9.17, 15) is 0 Å². The van der Waals surface area contributed by atoms with E-state index in [1.807, 2.05) is 6.92 Å². The van der Waals surface area contributed by atoms with E-state index in [2.05, 4.69) is 25.7 Å². The standard InChI is InChI=1S/C10H19N5OS2.Zn/c1-5-6-16-10(18)15-13-8(3)7(2)12-14-9(17)11-4;/h5-6H2,1-4H3,(H,15,18)(H2,11,14,17);/q;+2/p-2/b12-7+,13-8+;. The Balaban J connectivity index is 0. The van der Waals surface area contributed by atoms with Crippen molar-refractivity contribution in [2.45, 2.75) is 27.2 Å². The summed E-state index contributed by atoms with van der Waals surface area (Å²) in [5, 5.41) is 18.4. The van der Waals surface area contributed by atoms with E-state index in [1.54, 1.807) is 20.9 Å². The fourth-order valence-electron chi connectivity index (χ4n) is 0.649. The molecule has 0 aliphatic rings. The number of nitrogens with one attached hydrogen (secondary N) is 1. The Morgan fingerprint density at radius 2 is 1.58 bits per heavy atom. The van der Waals surface area contributed by atoms with Crippen LogP contribution < -0.4 is 5.32 Å². The number of hydrogen-bond donors (Lipinski definition) is 1. The average Bonchev–Trinajstić information content (AvgIpc) is 2.38. The van der Waals surface area contributed by atoms with Crippen molar-refractivity contribution in [1.82, 2.24) is 5.32 Å². The molecule has 0 rings (SSSR count). The summed E-state index contributed by atoms with van der Waals surface area (Å²) in [5.41, 5.74) is 1.20. The SMILES string of the molecule is CCCO/C([S-])=N/N=C(C)/C(C)=N/N=C(\[S-])NC.[Zn+2]. The van der Waals surface area contributed by atoms with Crippen LogP contribution in [0.3, 0.4) is 0 Å². The minimum Gasteiger partial charge on any atom is -0.741 e. The molecule has 0 bridgehead atoms. The Bertz CT molecular complexity index is 382. The minimum atomic E-state index is 0. The molecule has 102 valence electrons. The molecule has 6 nitrogen and oxygen atoms in total. The molecule has 0 fully saturated rings. The molecule has 0 aliphatic carbocycles. The second-order valence-electron chi connectivity index (χ2n) is 3.24. The summed E-state index contributed by atoms with van der Waals surface area (Å²) in [7, 11) is 1.68. The van der Waals surface area contributed by atoms with Gasteiger partial charge in [-0.3, -0.25) is 0 Å². The second kappa shape index (κ2) is 12.4. The topological polar surface area (TPSA) is 70.7 Å². The van der Waals surface area contributed by atoms with Crippen molar-refractivity contribution in [3.8, 4) is 0 Å². The predicted octanol–water partition coefficient (Wildman–Crippen LogP) is 1.19. The van der Waals surface area contributed by atoms with Gasteiger partial charge in [0, 0.05) is 7.05 Å². The molecule has 0 spiro atoms. The van der Waals surface area contributed by atoms with Crippen LogP contribution >= 0.6 is 0 Å². The molecule has 0 radical (unpaired) electrons. The van der Waals surface area contributed by atoms with Gasteiger partial charge in [-0.25, -0.2) is 0 Å². The van der Waals surface area contributed by atoms with Crippen LogP contribution in [0.2, 0.25) is 0 Å². The molecular weight excluding hydrogens is 336 g/mol. The molecule has 0 heterocycles. The number of hydrogen-bond acceptors (Lipinski definition) is 7. The fraction of sp³-hybridized carbons (Fsp3) is 0.600. The first-order valence-corrected chi connectivity index (χ1v) is 6.22. The van der Waals surface area contributed by atoms with Crippen LogP contribution in [0.15, 0.2) is 20.4 Å². The van der Waals surface area contributed by atoms with Crippen LogP contribution in [0.5, 0.6) is 0 Å². The van der Waals surface area contributed by atoms with Crippen LogP contribution in [0, 0.1) is 0 Å². The third-order valence-corrected chi connectivity index (χ3v) is 2.22. The van der Waals surface area contributed by atoms with Crippen LogP contribution in [-0.4, -0.2) is 35.5 Å². The van der Waals surface area contributed by atoms with Gasteiger partial charge in [-0.2, -0.15) is 15.3 Å². The van der Waals surface area contributed by atoms with Crippen molar-refractivity contribution in [3.63, 3.8) is 0 Å². The van der Waals surface area contributed by atoms with Gasteiger partial charge in [0.05, 0.1) is 23.3 Å². The smallest absolute Gasteiger partial charge is 0.741 e. The van der Waals surface area contributed by atoms with Crippen LogP contribution in [0.1, 0.15) is 27.2 Å². The molecule has 9 heteroatoms. The monoisotopic (exact) mass is 351 g/mol. The maximum Gasteiger partial charge on any atom is 2.00 e. The quantitative estimate of drug-likeness (QED) is 0.265. The first-order chi connectivity index (χ1) is 8.51. The Hall–Kier alpha value is -0.657. The zero-order valence-corrected chi connectivity index (χ0v) is 16.2. The zero-order chi connectivity index (χ0) is 14.0. The van der Waals surface area contributed by atoms with Gasteiger partial charge in [-0.05, 0) is 25.4 Å². The van der Waals surface area contributed by atoms with Gasteiger partial charge in [-0.15, -0.1) is 5.10 Å². The summed E-state index contributed by atoms with van der Waals surface area (Å²) in [6.45, 7) is 6.03. The van der Waals surface area contributed by atoms with Gasteiger partial charge >= 0.3 is 19.5 Å². The van der Waals surface area contributed by atoms with Gasteiger partial charge in [0.25, 0.3) is 0 Å². The number of amidine groups is 1. The van der Waals surface area contributed by atoms with E-state index >= 15 is 0 Å². The number of ether oxygens (including phenoxy) is 1. The van der Waals surface area contributed by atoms with E-state index in [0.717, 1.165) is 6.42 Å². The van der Waals surface area contributed by atoms with Crippen molar-refractivity contribution in [3.05, 3.63) is 0 Å². The van der Waals surface area contributed by atoms with Crippen molar-refractivity contribution in [1.29, 1.82) is 0 Å². The molecule has 0 aromatic heterocycles. The molecule has 0 aromatic carbocycles. The molecule has 1 N–H and O–H groups in total. The molecule has 19 heavy (non-hydrogen) atoms. The molecular formula is C10H17N5OS2Zn. The summed E-state index contributed by atoms with van der Waals surface area (Å²) in [6.07, 6.45) is 0.874. The molecule has 0 aliphatic heterocycles. The van der Waals surface area contributed by atoms with Crippen LogP contribution in [0.25, 0.3) is 0 Å². The summed E-state index contributed by atoms with van der Waals surface area (Å²) in [6, 6.07) is 0. The van der Waals surface area contributed by atoms with Crippen molar-refractivity contribution in [2.24, 2.45) is 20.4 Å². The summed E-state index contributed by atoms with van der Waals surface area (Å²) < 4.78 is 5.10. The summed E-state index contributed by atoms with van der Waals surface area (Å²) in [5.74, 6) is 0. The van der Waals surface area contributed by atoms with E-state index < -0.39 is 0 Å². The van der Waals surface area contributed by atoms with Gasteiger partial charge in [-0.1, -0.05) is 6.92 Å². The van der Waals surface area contributed by atoms with Gasteiger partial charge in [0.1, 0.15) is 0 Å². The van der Waals surface area contributed by atoms with Crippen molar-refractivity contribution < 1.29 is 24.2 Å². The maximum atomic E-state index is 5.10. The van der Waals surface area contributed by atoms with E-state index in [4.69, 9.17) is 30.0 Å². The van der Waals surface area contributed by atoms with Crippen molar-refractivity contribution >= 4 is 47.1 Å². The Labute approximate surface area is 137 Å². The molecule has 0 atom stereocenters. The zero-order valence-electron chi connectivity index (χ0n) is 11.6. The van der Waals surface area contributed by atoms with Crippen molar-refractivity contribution in [2.75, 3.05) is 13.7 Å².